The molecule has 1 aromatic carbocycles. The fraction of sp³-hybridized carbons (Fsp3) is 0.167. The average molecular weight is 276 g/mol. The number of aromatic carboxylic acids is 1. The van der Waals surface area contributed by atoms with Gasteiger partial charge in [-0.25, -0.2) is 4.79 Å². The molecule has 104 valence electrons. The lowest BCUT2D eigenvalue weighted by Gasteiger charge is -2.09. The van der Waals surface area contributed by atoms with E-state index in [2.05, 4.69) is 10.4 Å². The zero-order chi connectivity index (χ0) is 14.9. The van der Waals surface area contributed by atoms with E-state index >= 15 is 0 Å². The molecule has 1 aromatic heterocycles. The summed E-state index contributed by atoms with van der Waals surface area (Å²) in [5, 5.41) is 27.0. The second-order valence-electron chi connectivity index (χ2n) is 4.18. The van der Waals surface area contributed by atoms with Crippen molar-refractivity contribution in [3.05, 3.63) is 45.6 Å². The zero-order valence-corrected chi connectivity index (χ0v) is 10.8. The van der Waals surface area contributed by atoms with Crippen LogP contribution in [0.2, 0.25) is 0 Å². The normalized spacial score (nSPS) is 10.3. The van der Waals surface area contributed by atoms with Gasteiger partial charge in [-0.15, -0.1) is 0 Å². The van der Waals surface area contributed by atoms with E-state index in [9.17, 15) is 20.0 Å². The summed E-state index contributed by atoms with van der Waals surface area (Å²) in [6, 6.07) is 5.77. The van der Waals surface area contributed by atoms with Crippen LogP contribution >= 0.6 is 0 Å². The summed E-state index contributed by atoms with van der Waals surface area (Å²) in [4.78, 5) is 21.4. The molecule has 8 heteroatoms. The molecule has 2 rings (SSSR count). The molecular formula is C12H12N4O4. The van der Waals surface area contributed by atoms with E-state index in [-0.39, 0.29) is 11.3 Å². The Kier molecular flexibility index (Phi) is 3.38. The van der Waals surface area contributed by atoms with Gasteiger partial charge in [0.1, 0.15) is 5.82 Å². The van der Waals surface area contributed by atoms with E-state index in [0.29, 0.717) is 5.82 Å². The van der Waals surface area contributed by atoms with E-state index in [0.717, 1.165) is 11.8 Å². The van der Waals surface area contributed by atoms with E-state index < -0.39 is 16.6 Å². The monoisotopic (exact) mass is 276 g/mol. The van der Waals surface area contributed by atoms with Crippen molar-refractivity contribution in [2.75, 3.05) is 5.32 Å². The van der Waals surface area contributed by atoms with Crippen molar-refractivity contribution in [3.63, 3.8) is 0 Å². The third-order valence-corrected chi connectivity index (χ3v) is 2.72. The molecule has 0 spiro atoms. The van der Waals surface area contributed by atoms with E-state index in [4.69, 9.17) is 0 Å². The molecule has 0 saturated heterocycles. The SMILES string of the molecule is Cc1cc(Nc2cccc([N+](=O)[O-])c2C(=O)O)n(C)n1. The fourth-order valence-corrected chi connectivity index (χ4v) is 1.89. The molecule has 0 fully saturated rings. The van der Waals surface area contributed by atoms with Gasteiger partial charge < -0.3 is 10.4 Å². The molecule has 0 bridgehead atoms. The number of nitro benzene ring substituents is 1. The van der Waals surface area contributed by atoms with Crippen LogP contribution in [0.3, 0.4) is 0 Å². The first-order valence-electron chi connectivity index (χ1n) is 5.68. The van der Waals surface area contributed by atoms with Crippen molar-refractivity contribution in [1.82, 2.24) is 9.78 Å². The number of hydrogen-bond donors (Lipinski definition) is 2. The maximum Gasteiger partial charge on any atom is 0.344 e. The molecule has 0 radical (unpaired) electrons. The van der Waals surface area contributed by atoms with Crippen LogP contribution in [0.5, 0.6) is 0 Å². The number of carboxylic acids is 1. The smallest absolute Gasteiger partial charge is 0.344 e. The Morgan fingerprint density at radius 2 is 2.20 bits per heavy atom. The minimum Gasteiger partial charge on any atom is -0.477 e. The Morgan fingerprint density at radius 1 is 1.50 bits per heavy atom. The first-order chi connectivity index (χ1) is 9.40. The highest BCUT2D eigenvalue weighted by molar-refractivity contribution is 5.99. The van der Waals surface area contributed by atoms with Gasteiger partial charge in [0.25, 0.3) is 5.69 Å². The summed E-state index contributed by atoms with van der Waals surface area (Å²) in [6.45, 7) is 1.79. The molecular weight excluding hydrogens is 264 g/mol. The molecule has 0 amide bonds. The summed E-state index contributed by atoms with van der Waals surface area (Å²) < 4.78 is 1.53. The highest BCUT2D eigenvalue weighted by atomic mass is 16.6. The van der Waals surface area contributed by atoms with Crippen molar-refractivity contribution >= 4 is 23.2 Å². The van der Waals surface area contributed by atoms with Gasteiger partial charge in [-0.3, -0.25) is 14.8 Å². The molecule has 2 N–H and O–H groups in total. The Bertz CT molecular complexity index is 693. The quantitative estimate of drug-likeness (QED) is 0.653. The lowest BCUT2D eigenvalue weighted by atomic mass is 10.1. The predicted molar refractivity (Wildman–Crippen MR) is 71.3 cm³/mol. The van der Waals surface area contributed by atoms with Gasteiger partial charge in [-0.2, -0.15) is 5.10 Å². The summed E-state index contributed by atoms with van der Waals surface area (Å²) in [5.74, 6) is -0.816. The number of rotatable bonds is 4. The second-order valence-corrected chi connectivity index (χ2v) is 4.18. The van der Waals surface area contributed by atoms with Crippen LogP contribution in [0.4, 0.5) is 17.2 Å². The van der Waals surface area contributed by atoms with Crippen LogP contribution in [-0.4, -0.2) is 25.8 Å². The molecule has 0 aliphatic rings. The second kappa shape index (κ2) is 5.00. The van der Waals surface area contributed by atoms with E-state index in [1.54, 1.807) is 20.0 Å². The van der Waals surface area contributed by atoms with Gasteiger partial charge in [-0.05, 0) is 13.0 Å². The highest BCUT2D eigenvalue weighted by Crippen LogP contribution is 2.28. The first-order valence-corrected chi connectivity index (χ1v) is 5.68. The van der Waals surface area contributed by atoms with Gasteiger partial charge in [0.2, 0.25) is 0 Å². The molecule has 20 heavy (non-hydrogen) atoms. The number of nitro groups is 1. The van der Waals surface area contributed by atoms with Gasteiger partial charge in [-0.1, -0.05) is 6.07 Å². The summed E-state index contributed by atoms with van der Waals surface area (Å²) >= 11 is 0. The van der Waals surface area contributed by atoms with Crippen LogP contribution in [-0.2, 0) is 7.05 Å². The standard InChI is InChI=1S/C12H12N4O4/c1-7-6-10(15(2)14-7)13-8-4-3-5-9(16(19)20)11(8)12(17)18/h3-6,13H,1-2H3,(H,17,18). The molecule has 2 aromatic rings. The number of carboxylic acid groups (broad SMARTS) is 1. The van der Waals surface area contributed by atoms with E-state index in [1.165, 1.54) is 16.8 Å². The van der Waals surface area contributed by atoms with Crippen molar-refractivity contribution in [3.8, 4) is 0 Å². The average Bonchev–Trinajstić information content (AvgIpc) is 2.67. The number of aryl methyl sites for hydroxylation is 2. The number of anilines is 2. The maximum absolute atomic E-state index is 11.3. The fourth-order valence-electron chi connectivity index (χ4n) is 1.89. The molecule has 0 saturated carbocycles. The van der Waals surface area contributed by atoms with Crippen molar-refractivity contribution in [2.45, 2.75) is 6.92 Å². The topological polar surface area (TPSA) is 110 Å². The lowest BCUT2D eigenvalue weighted by molar-refractivity contribution is -0.385. The number of carbonyl (C=O) groups is 1. The third kappa shape index (κ3) is 2.44. The molecule has 0 atom stereocenters. The van der Waals surface area contributed by atoms with Gasteiger partial charge >= 0.3 is 5.97 Å². The zero-order valence-electron chi connectivity index (χ0n) is 10.8. The summed E-state index contributed by atoms with van der Waals surface area (Å²) in [5.41, 5.74) is 0.0600. The van der Waals surface area contributed by atoms with Crippen LogP contribution < -0.4 is 5.32 Å². The van der Waals surface area contributed by atoms with Crippen LogP contribution in [0, 0.1) is 17.0 Å². The lowest BCUT2D eigenvalue weighted by Crippen LogP contribution is -2.08. The Labute approximate surface area is 113 Å². The number of benzene rings is 1. The highest BCUT2D eigenvalue weighted by Gasteiger charge is 2.24. The van der Waals surface area contributed by atoms with Crippen LogP contribution in [0.25, 0.3) is 0 Å². The van der Waals surface area contributed by atoms with Crippen molar-refractivity contribution < 1.29 is 14.8 Å². The minimum absolute atomic E-state index is 0.148. The number of nitrogens with one attached hydrogen (secondary N) is 1. The third-order valence-electron chi connectivity index (χ3n) is 2.72. The number of aromatic nitrogens is 2. The van der Waals surface area contributed by atoms with Crippen molar-refractivity contribution in [2.24, 2.45) is 7.05 Å². The molecule has 0 aliphatic heterocycles. The van der Waals surface area contributed by atoms with Crippen molar-refractivity contribution in [1.29, 1.82) is 0 Å². The van der Waals surface area contributed by atoms with Gasteiger partial charge in [0.05, 0.1) is 16.3 Å². The number of nitrogens with zero attached hydrogens (tertiary/aromatic N) is 3. The molecule has 8 nitrogen and oxygen atoms in total. The van der Waals surface area contributed by atoms with Crippen LogP contribution in [0.15, 0.2) is 24.3 Å². The minimum atomic E-state index is -1.36. The van der Waals surface area contributed by atoms with E-state index in [1.807, 2.05) is 0 Å². The predicted octanol–water partition coefficient (Wildman–Crippen LogP) is 2.08. The Morgan fingerprint density at radius 3 is 2.70 bits per heavy atom. The molecule has 1 heterocycles. The van der Waals surface area contributed by atoms with Crippen LogP contribution in [0.1, 0.15) is 16.1 Å². The van der Waals surface area contributed by atoms with Gasteiger partial charge in [0.15, 0.2) is 5.56 Å². The maximum atomic E-state index is 11.3. The number of hydrogen-bond acceptors (Lipinski definition) is 5. The molecule has 0 unspecified atom stereocenters. The largest absolute Gasteiger partial charge is 0.477 e. The first kappa shape index (κ1) is 13.5. The Balaban J connectivity index is 2.51. The summed E-state index contributed by atoms with van der Waals surface area (Å²) in [7, 11) is 1.69. The summed E-state index contributed by atoms with van der Waals surface area (Å²) in [6.07, 6.45) is 0. The molecule has 0 aliphatic carbocycles. The Hall–Kier alpha value is -2.90. The van der Waals surface area contributed by atoms with Gasteiger partial charge in [0, 0.05) is 19.2 Å².